The molecule has 1 N–H and O–H groups in total. The summed E-state index contributed by atoms with van der Waals surface area (Å²) in [7, 11) is 0. The van der Waals surface area contributed by atoms with Crippen LogP contribution in [0, 0.1) is 23.2 Å². The van der Waals surface area contributed by atoms with E-state index in [9.17, 15) is 4.79 Å². The molecule has 1 aromatic heterocycles. The Morgan fingerprint density at radius 2 is 1.77 bits per heavy atom. The van der Waals surface area contributed by atoms with Crippen LogP contribution >= 0.6 is 34.5 Å². The highest BCUT2D eigenvalue weighted by atomic mass is 35.5. The van der Waals surface area contributed by atoms with Crippen LogP contribution in [0.4, 0.5) is 0 Å². The molecular formula is C21H23Cl2NOS. The van der Waals surface area contributed by atoms with Crippen LogP contribution in [-0.2, 0) is 0 Å². The molecule has 0 spiro atoms. The Balaban J connectivity index is 1.39. The summed E-state index contributed by atoms with van der Waals surface area (Å²) in [6.07, 6.45) is 8.12. The molecule has 6 rings (SSSR count). The molecular weight excluding hydrogens is 385 g/mol. The molecule has 4 saturated carbocycles. The van der Waals surface area contributed by atoms with Crippen LogP contribution in [0.15, 0.2) is 18.2 Å². The van der Waals surface area contributed by atoms with E-state index in [1.165, 1.54) is 49.9 Å². The first-order valence-corrected chi connectivity index (χ1v) is 11.2. The van der Waals surface area contributed by atoms with Crippen LogP contribution in [0.25, 0.3) is 10.1 Å². The highest BCUT2D eigenvalue weighted by Crippen LogP contribution is 2.61. The lowest BCUT2D eigenvalue weighted by molar-refractivity contribution is -0.0687. The third kappa shape index (κ3) is 2.70. The van der Waals surface area contributed by atoms with Crippen molar-refractivity contribution in [2.24, 2.45) is 23.2 Å². The van der Waals surface area contributed by atoms with Crippen molar-refractivity contribution in [3.05, 3.63) is 33.1 Å². The number of fused-ring (bicyclic) bond motifs is 1. The first-order valence-electron chi connectivity index (χ1n) is 9.62. The van der Waals surface area contributed by atoms with E-state index in [4.69, 9.17) is 23.2 Å². The van der Waals surface area contributed by atoms with Gasteiger partial charge in [0.05, 0.1) is 5.02 Å². The molecule has 0 aliphatic heterocycles. The Bertz CT molecular complexity index is 854. The maximum absolute atomic E-state index is 13.0. The second-order valence-corrected chi connectivity index (χ2v) is 10.7. The van der Waals surface area contributed by atoms with Crippen LogP contribution in [-0.4, -0.2) is 11.9 Å². The standard InChI is InChI=1S/C21H23Cl2NOS/c1-11(21-8-12-4-13(9-21)6-14(5-12)10-21)24-20(25)19-18(23)16-3-2-15(22)7-17(16)26-19/h2-3,7,11-14H,4-6,8-10H2,1H3,(H,24,25). The number of thiophene rings is 1. The van der Waals surface area contributed by atoms with Crippen molar-refractivity contribution in [2.75, 3.05) is 0 Å². The van der Waals surface area contributed by atoms with E-state index >= 15 is 0 Å². The predicted octanol–water partition coefficient (Wildman–Crippen LogP) is 6.54. The fraction of sp³-hybridized carbons (Fsp3) is 0.571. The minimum Gasteiger partial charge on any atom is -0.348 e. The topological polar surface area (TPSA) is 29.1 Å². The van der Waals surface area contributed by atoms with E-state index in [1.54, 1.807) is 0 Å². The monoisotopic (exact) mass is 407 g/mol. The maximum Gasteiger partial charge on any atom is 0.263 e. The minimum absolute atomic E-state index is 0.0319. The van der Waals surface area contributed by atoms with Gasteiger partial charge in [0, 0.05) is 21.2 Å². The van der Waals surface area contributed by atoms with E-state index in [-0.39, 0.29) is 11.9 Å². The summed E-state index contributed by atoms with van der Waals surface area (Å²) in [6.45, 7) is 2.21. The number of hydrogen-bond acceptors (Lipinski definition) is 2. The Morgan fingerprint density at radius 3 is 2.38 bits per heavy atom. The smallest absolute Gasteiger partial charge is 0.263 e. The number of carbonyl (C=O) groups is 1. The van der Waals surface area contributed by atoms with Gasteiger partial charge in [-0.3, -0.25) is 4.79 Å². The molecule has 4 fully saturated rings. The van der Waals surface area contributed by atoms with Gasteiger partial charge in [-0.25, -0.2) is 0 Å². The SMILES string of the molecule is CC(NC(=O)c1sc2cc(Cl)ccc2c1Cl)C12CC3CC(CC(C3)C1)C2. The average Bonchev–Trinajstić information content (AvgIpc) is 2.89. The van der Waals surface area contributed by atoms with Crippen molar-refractivity contribution in [3.8, 4) is 0 Å². The van der Waals surface area contributed by atoms with Crippen molar-refractivity contribution in [2.45, 2.75) is 51.5 Å². The molecule has 4 aliphatic carbocycles. The number of carbonyl (C=O) groups excluding carboxylic acids is 1. The molecule has 4 bridgehead atoms. The number of benzene rings is 1. The summed E-state index contributed by atoms with van der Waals surface area (Å²) < 4.78 is 0.968. The van der Waals surface area contributed by atoms with Gasteiger partial charge in [-0.05, 0) is 80.8 Å². The Labute approximate surface area is 168 Å². The number of hydrogen-bond donors (Lipinski definition) is 1. The van der Waals surface area contributed by atoms with Gasteiger partial charge in [0.15, 0.2) is 0 Å². The third-order valence-corrected chi connectivity index (χ3v) is 9.04. The zero-order chi connectivity index (χ0) is 18.1. The summed E-state index contributed by atoms with van der Waals surface area (Å²) >= 11 is 14.0. The highest BCUT2D eigenvalue weighted by molar-refractivity contribution is 7.21. The van der Waals surface area contributed by atoms with Crippen LogP contribution in [0.3, 0.4) is 0 Å². The lowest BCUT2D eigenvalue weighted by atomic mass is 9.48. The van der Waals surface area contributed by atoms with Crippen molar-refractivity contribution in [1.29, 1.82) is 0 Å². The van der Waals surface area contributed by atoms with Gasteiger partial charge in [0.25, 0.3) is 5.91 Å². The molecule has 1 aromatic carbocycles. The zero-order valence-corrected chi connectivity index (χ0v) is 17.2. The molecule has 2 aromatic rings. The van der Waals surface area contributed by atoms with E-state index in [1.807, 2.05) is 18.2 Å². The Hall–Kier alpha value is -0.770. The summed E-state index contributed by atoms with van der Waals surface area (Å²) in [5, 5.41) is 5.46. The number of rotatable bonds is 3. The number of amides is 1. The van der Waals surface area contributed by atoms with E-state index in [0.717, 1.165) is 27.8 Å². The Morgan fingerprint density at radius 1 is 1.15 bits per heavy atom. The molecule has 0 radical (unpaired) electrons. The second kappa shape index (κ2) is 6.12. The second-order valence-electron chi connectivity index (χ2n) is 8.86. The van der Waals surface area contributed by atoms with Crippen LogP contribution in [0.5, 0.6) is 0 Å². The predicted molar refractivity (Wildman–Crippen MR) is 109 cm³/mol. The molecule has 4 aliphatic rings. The average molecular weight is 408 g/mol. The summed E-state index contributed by atoms with van der Waals surface area (Å²) in [5.41, 5.74) is 0.302. The Kier molecular flexibility index (Phi) is 4.08. The summed E-state index contributed by atoms with van der Waals surface area (Å²) in [4.78, 5) is 13.6. The van der Waals surface area contributed by atoms with E-state index in [2.05, 4.69) is 12.2 Å². The molecule has 2 nitrogen and oxygen atoms in total. The summed E-state index contributed by atoms with van der Waals surface area (Å²) in [6, 6.07) is 5.80. The minimum atomic E-state index is -0.0319. The van der Waals surface area contributed by atoms with Gasteiger partial charge < -0.3 is 5.32 Å². The molecule has 138 valence electrons. The number of halogens is 2. The first kappa shape index (κ1) is 17.3. The van der Waals surface area contributed by atoms with Gasteiger partial charge in [0.1, 0.15) is 4.88 Å². The highest BCUT2D eigenvalue weighted by Gasteiger charge is 2.53. The van der Waals surface area contributed by atoms with Gasteiger partial charge in [-0.15, -0.1) is 11.3 Å². The molecule has 1 heterocycles. The lowest BCUT2D eigenvalue weighted by Gasteiger charge is -2.59. The lowest BCUT2D eigenvalue weighted by Crippen LogP contribution is -2.55. The van der Waals surface area contributed by atoms with Crippen molar-refractivity contribution < 1.29 is 4.79 Å². The largest absolute Gasteiger partial charge is 0.348 e. The first-order chi connectivity index (χ1) is 12.4. The van der Waals surface area contributed by atoms with E-state index < -0.39 is 0 Å². The molecule has 1 amide bonds. The van der Waals surface area contributed by atoms with Crippen LogP contribution < -0.4 is 5.32 Å². The van der Waals surface area contributed by atoms with Crippen molar-refractivity contribution >= 4 is 50.5 Å². The van der Waals surface area contributed by atoms with E-state index in [0.29, 0.717) is 20.3 Å². The zero-order valence-electron chi connectivity index (χ0n) is 14.9. The van der Waals surface area contributed by atoms with Crippen LogP contribution in [0.1, 0.15) is 55.1 Å². The van der Waals surface area contributed by atoms with Crippen molar-refractivity contribution in [3.63, 3.8) is 0 Å². The molecule has 0 saturated heterocycles. The van der Waals surface area contributed by atoms with Gasteiger partial charge >= 0.3 is 0 Å². The van der Waals surface area contributed by atoms with Gasteiger partial charge in [-0.1, -0.05) is 29.3 Å². The molecule has 1 atom stereocenters. The normalized spacial score (nSPS) is 33.6. The molecule has 5 heteroatoms. The van der Waals surface area contributed by atoms with Crippen LogP contribution in [0.2, 0.25) is 10.0 Å². The third-order valence-electron chi connectivity index (χ3n) is 7.15. The maximum atomic E-state index is 13.0. The van der Waals surface area contributed by atoms with Gasteiger partial charge in [-0.2, -0.15) is 0 Å². The number of nitrogens with one attached hydrogen (secondary N) is 1. The quantitative estimate of drug-likeness (QED) is 0.614. The fourth-order valence-corrected chi connectivity index (χ4v) is 8.00. The van der Waals surface area contributed by atoms with Crippen molar-refractivity contribution in [1.82, 2.24) is 5.32 Å². The molecule has 26 heavy (non-hydrogen) atoms. The fourth-order valence-electron chi connectivity index (χ4n) is 6.31. The van der Waals surface area contributed by atoms with Gasteiger partial charge in [0.2, 0.25) is 0 Å². The summed E-state index contributed by atoms with van der Waals surface area (Å²) in [5.74, 6) is 2.62. The molecule has 1 unspecified atom stereocenters.